The van der Waals surface area contributed by atoms with Crippen molar-refractivity contribution in [2.45, 2.75) is 19.8 Å². The number of fused-ring (bicyclic) bond motifs is 1. The normalized spacial score (nSPS) is 10.9. The van der Waals surface area contributed by atoms with Gasteiger partial charge in [-0.15, -0.1) is 0 Å². The largest absolute Gasteiger partial charge is 0.507 e. The van der Waals surface area contributed by atoms with Crippen molar-refractivity contribution < 1.29 is 19.8 Å². The number of carbonyl (C=O) groups is 2. The van der Waals surface area contributed by atoms with Crippen LogP contribution in [0.3, 0.4) is 0 Å². The third-order valence-electron chi connectivity index (χ3n) is 2.78. The second-order valence-electron chi connectivity index (χ2n) is 4.56. The van der Waals surface area contributed by atoms with Crippen LogP contribution in [-0.2, 0) is 4.79 Å². The highest BCUT2D eigenvalue weighted by Gasteiger charge is 2.21. The van der Waals surface area contributed by atoms with Crippen molar-refractivity contribution in [2.24, 2.45) is 0 Å². The molecule has 3 N–H and O–H groups in total. The first kappa shape index (κ1) is 13.8. The van der Waals surface area contributed by atoms with Crippen LogP contribution in [0.4, 0.5) is 0 Å². The fourth-order valence-corrected chi connectivity index (χ4v) is 1.86. The van der Waals surface area contributed by atoms with Gasteiger partial charge in [0.1, 0.15) is 24.2 Å². The predicted molar refractivity (Wildman–Crippen MR) is 68.7 cm³/mol. The molecule has 0 aliphatic carbocycles. The molecular weight excluding hydrogens is 264 g/mol. The summed E-state index contributed by atoms with van der Waals surface area (Å²) in [6.07, 6.45) is 1.27. The summed E-state index contributed by atoms with van der Waals surface area (Å²) in [6, 6.07) is 1.43. The predicted octanol–water partition coefficient (Wildman–Crippen LogP) is 0.373. The van der Waals surface area contributed by atoms with Crippen LogP contribution in [0.2, 0.25) is 0 Å². The topological polar surface area (TPSA) is 117 Å². The Balaban J connectivity index is 2.51. The summed E-state index contributed by atoms with van der Waals surface area (Å²) in [6.45, 7) is 3.30. The third kappa shape index (κ3) is 2.40. The minimum atomic E-state index is -1.17. The first-order chi connectivity index (χ1) is 9.41. The first-order valence-electron chi connectivity index (χ1n) is 5.97. The molecule has 0 saturated heterocycles. The molecule has 0 aliphatic rings. The van der Waals surface area contributed by atoms with Gasteiger partial charge in [-0.25, -0.2) is 9.50 Å². The van der Waals surface area contributed by atoms with E-state index in [-0.39, 0.29) is 22.9 Å². The highest BCUT2D eigenvalue weighted by molar-refractivity contribution is 6.03. The minimum Gasteiger partial charge on any atom is -0.507 e. The van der Waals surface area contributed by atoms with Crippen LogP contribution in [0.25, 0.3) is 5.65 Å². The molecule has 106 valence electrons. The second-order valence-corrected chi connectivity index (χ2v) is 4.56. The van der Waals surface area contributed by atoms with Crippen molar-refractivity contribution in [1.29, 1.82) is 0 Å². The van der Waals surface area contributed by atoms with Crippen LogP contribution < -0.4 is 5.32 Å². The lowest BCUT2D eigenvalue weighted by molar-refractivity contribution is -0.135. The molecular formula is C12H14N4O4. The molecule has 2 aromatic heterocycles. The van der Waals surface area contributed by atoms with Gasteiger partial charge in [0, 0.05) is 6.07 Å². The summed E-state index contributed by atoms with van der Waals surface area (Å²) in [5.41, 5.74) is 0.800. The van der Waals surface area contributed by atoms with E-state index in [1.165, 1.54) is 16.9 Å². The number of carboxylic acids is 1. The average Bonchev–Trinajstić information content (AvgIpc) is 2.83. The molecule has 0 saturated carbocycles. The molecule has 2 rings (SSSR count). The maximum absolute atomic E-state index is 11.9. The van der Waals surface area contributed by atoms with Gasteiger partial charge in [-0.2, -0.15) is 5.10 Å². The van der Waals surface area contributed by atoms with Crippen molar-refractivity contribution in [3.05, 3.63) is 23.7 Å². The number of hydrogen-bond acceptors (Lipinski definition) is 5. The maximum Gasteiger partial charge on any atom is 0.322 e. The molecule has 2 aromatic rings. The van der Waals surface area contributed by atoms with E-state index in [9.17, 15) is 14.7 Å². The summed E-state index contributed by atoms with van der Waals surface area (Å²) in [5.74, 6) is -2.06. The summed E-state index contributed by atoms with van der Waals surface area (Å²) in [5, 5.41) is 24.8. The zero-order valence-electron chi connectivity index (χ0n) is 11.0. The van der Waals surface area contributed by atoms with Gasteiger partial charge in [0.25, 0.3) is 5.91 Å². The highest BCUT2D eigenvalue weighted by Crippen LogP contribution is 2.26. The van der Waals surface area contributed by atoms with Crippen molar-refractivity contribution in [3.8, 4) is 5.75 Å². The number of carboxylic acid groups (broad SMARTS) is 1. The first-order valence-corrected chi connectivity index (χ1v) is 5.97. The van der Waals surface area contributed by atoms with Crippen molar-refractivity contribution in [2.75, 3.05) is 6.54 Å². The van der Waals surface area contributed by atoms with Gasteiger partial charge in [-0.05, 0) is 5.92 Å². The molecule has 0 fully saturated rings. The molecule has 0 atom stereocenters. The molecule has 20 heavy (non-hydrogen) atoms. The Bertz CT molecular complexity index is 677. The number of amides is 1. The van der Waals surface area contributed by atoms with Crippen molar-refractivity contribution in [3.63, 3.8) is 0 Å². The molecule has 0 unspecified atom stereocenters. The molecule has 0 aromatic carbocycles. The number of hydrogen-bond donors (Lipinski definition) is 3. The SMILES string of the molecule is CC(C)c1cc(O)c(C(=O)NCC(=O)O)c2ncnn12. The molecule has 0 aliphatic heterocycles. The number of aromatic nitrogens is 3. The van der Waals surface area contributed by atoms with Gasteiger partial charge < -0.3 is 15.5 Å². The molecule has 0 radical (unpaired) electrons. The van der Waals surface area contributed by atoms with Crippen LogP contribution in [0, 0.1) is 0 Å². The number of aliphatic carboxylic acids is 1. The number of carbonyl (C=O) groups excluding carboxylic acids is 1. The summed E-state index contributed by atoms with van der Waals surface area (Å²) < 4.78 is 1.46. The van der Waals surface area contributed by atoms with Gasteiger partial charge in [0.05, 0.1) is 5.69 Å². The van der Waals surface area contributed by atoms with Gasteiger partial charge in [-0.1, -0.05) is 13.8 Å². The standard InChI is InChI=1S/C12H14N4O4/c1-6(2)7-3-8(17)10(11-14-5-15-16(7)11)12(20)13-4-9(18)19/h3,5-6,17H,4H2,1-2H3,(H,13,20)(H,18,19). The van der Waals surface area contributed by atoms with E-state index in [1.807, 2.05) is 13.8 Å². The lowest BCUT2D eigenvalue weighted by Crippen LogP contribution is -2.30. The average molecular weight is 278 g/mol. The fraction of sp³-hybridized carbons (Fsp3) is 0.333. The van der Waals surface area contributed by atoms with E-state index in [2.05, 4.69) is 15.4 Å². The van der Waals surface area contributed by atoms with Gasteiger partial charge in [-0.3, -0.25) is 9.59 Å². The zero-order chi connectivity index (χ0) is 14.9. The van der Waals surface area contributed by atoms with Crippen LogP contribution >= 0.6 is 0 Å². The maximum atomic E-state index is 11.9. The Hall–Kier alpha value is -2.64. The lowest BCUT2D eigenvalue weighted by Gasteiger charge is -2.12. The highest BCUT2D eigenvalue weighted by atomic mass is 16.4. The quantitative estimate of drug-likeness (QED) is 0.744. The molecule has 1 amide bonds. The molecule has 8 nitrogen and oxygen atoms in total. The van der Waals surface area contributed by atoms with Crippen LogP contribution in [0.15, 0.2) is 12.4 Å². The fourth-order valence-electron chi connectivity index (χ4n) is 1.86. The Morgan fingerprint density at radius 3 is 2.75 bits per heavy atom. The molecule has 8 heteroatoms. The number of aromatic hydroxyl groups is 1. The van der Waals surface area contributed by atoms with Crippen LogP contribution in [0.5, 0.6) is 5.75 Å². The molecule has 0 bridgehead atoms. The van der Waals surface area contributed by atoms with E-state index in [0.717, 1.165) is 0 Å². The monoisotopic (exact) mass is 278 g/mol. The van der Waals surface area contributed by atoms with E-state index < -0.39 is 18.4 Å². The Labute approximate surface area is 114 Å². The number of rotatable bonds is 4. The van der Waals surface area contributed by atoms with Gasteiger partial charge >= 0.3 is 5.97 Å². The molecule has 0 spiro atoms. The van der Waals surface area contributed by atoms with E-state index in [1.54, 1.807) is 0 Å². The summed E-state index contributed by atoms with van der Waals surface area (Å²) >= 11 is 0. The minimum absolute atomic E-state index is 0.0706. The number of pyridine rings is 1. The van der Waals surface area contributed by atoms with Gasteiger partial charge in [0.15, 0.2) is 5.65 Å². The van der Waals surface area contributed by atoms with E-state index in [4.69, 9.17) is 5.11 Å². The smallest absolute Gasteiger partial charge is 0.322 e. The van der Waals surface area contributed by atoms with Crippen LogP contribution in [0.1, 0.15) is 35.8 Å². The van der Waals surface area contributed by atoms with E-state index in [0.29, 0.717) is 5.69 Å². The Kier molecular flexibility index (Phi) is 3.55. The van der Waals surface area contributed by atoms with Gasteiger partial charge in [0.2, 0.25) is 0 Å². The zero-order valence-corrected chi connectivity index (χ0v) is 11.0. The van der Waals surface area contributed by atoms with Crippen molar-refractivity contribution >= 4 is 17.5 Å². The summed E-state index contributed by atoms with van der Waals surface area (Å²) in [4.78, 5) is 26.4. The summed E-state index contributed by atoms with van der Waals surface area (Å²) in [7, 11) is 0. The number of nitrogens with zero attached hydrogens (tertiary/aromatic N) is 3. The third-order valence-corrected chi connectivity index (χ3v) is 2.78. The Morgan fingerprint density at radius 2 is 2.15 bits per heavy atom. The molecule has 2 heterocycles. The Morgan fingerprint density at radius 1 is 1.45 bits per heavy atom. The van der Waals surface area contributed by atoms with E-state index >= 15 is 0 Å². The van der Waals surface area contributed by atoms with Crippen molar-refractivity contribution in [1.82, 2.24) is 19.9 Å². The number of nitrogens with one attached hydrogen (secondary N) is 1. The second kappa shape index (κ2) is 5.16. The lowest BCUT2D eigenvalue weighted by atomic mass is 10.1. The van der Waals surface area contributed by atoms with Crippen LogP contribution in [-0.4, -0.2) is 43.2 Å².